The zero-order chi connectivity index (χ0) is 13.0. The fourth-order valence-electron chi connectivity index (χ4n) is 1.66. The number of ether oxygens (including phenoxy) is 1. The van der Waals surface area contributed by atoms with Crippen LogP contribution < -0.4 is 10.1 Å². The lowest BCUT2D eigenvalue weighted by molar-refractivity contribution is 0.415. The molecule has 2 rings (SSSR count). The summed E-state index contributed by atoms with van der Waals surface area (Å²) in [7, 11) is 1.67. The second-order valence-electron chi connectivity index (χ2n) is 4.46. The van der Waals surface area contributed by atoms with Gasteiger partial charge < -0.3 is 10.1 Å². The fourth-order valence-corrected chi connectivity index (χ4v) is 1.66. The molecule has 2 aromatic rings. The van der Waals surface area contributed by atoms with Gasteiger partial charge in [0.15, 0.2) is 0 Å². The van der Waals surface area contributed by atoms with Gasteiger partial charge in [-0.1, -0.05) is 0 Å². The third-order valence-electron chi connectivity index (χ3n) is 2.76. The summed E-state index contributed by atoms with van der Waals surface area (Å²) in [4.78, 5) is 0. The molecule has 1 heterocycles. The smallest absolute Gasteiger partial charge is 0.119 e. The molecule has 1 N–H and O–H groups in total. The molecule has 0 atom stereocenters. The van der Waals surface area contributed by atoms with Crippen molar-refractivity contribution in [2.24, 2.45) is 0 Å². The number of hydrogen-bond donors (Lipinski definition) is 1. The Labute approximate surface area is 108 Å². The molecule has 0 fully saturated rings. The van der Waals surface area contributed by atoms with E-state index in [1.165, 1.54) is 0 Å². The van der Waals surface area contributed by atoms with Gasteiger partial charge >= 0.3 is 0 Å². The van der Waals surface area contributed by atoms with Crippen molar-refractivity contribution in [1.82, 2.24) is 9.78 Å². The Balaban J connectivity index is 1.93. The highest BCUT2D eigenvalue weighted by molar-refractivity contribution is 5.46. The van der Waals surface area contributed by atoms with Gasteiger partial charge in [0, 0.05) is 17.9 Å². The van der Waals surface area contributed by atoms with E-state index in [4.69, 9.17) is 4.74 Å². The van der Waals surface area contributed by atoms with Crippen LogP contribution in [0.25, 0.3) is 0 Å². The number of aromatic nitrogens is 2. The first-order chi connectivity index (χ1) is 8.69. The summed E-state index contributed by atoms with van der Waals surface area (Å²) < 4.78 is 7.08. The van der Waals surface area contributed by atoms with E-state index < -0.39 is 0 Å². The number of nitrogens with zero attached hydrogens (tertiary/aromatic N) is 2. The van der Waals surface area contributed by atoms with Crippen molar-refractivity contribution in [3.63, 3.8) is 0 Å². The van der Waals surface area contributed by atoms with E-state index in [0.29, 0.717) is 6.04 Å². The molecule has 0 spiro atoms. The van der Waals surface area contributed by atoms with Crippen LogP contribution in [0.3, 0.4) is 0 Å². The topological polar surface area (TPSA) is 39.1 Å². The van der Waals surface area contributed by atoms with E-state index in [0.717, 1.165) is 23.7 Å². The Kier molecular flexibility index (Phi) is 3.87. The largest absolute Gasteiger partial charge is 0.497 e. The monoisotopic (exact) mass is 245 g/mol. The first-order valence-electron chi connectivity index (χ1n) is 6.11. The average Bonchev–Trinajstić information content (AvgIpc) is 2.86. The van der Waals surface area contributed by atoms with Gasteiger partial charge in [-0.25, -0.2) is 0 Å². The van der Waals surface area contributed by atoms with E-state index in [9.17, 15) is 0 Å². The number of rotatable bonds is 5. The predicted octanol–water partition coefficient (Wildman–Crippen LogP) is 3.08. The lowest BCUT2D eigenvalue weighted by Gasteiger charge is -2.06. The van der Waals surface area contributed by atoms with Crippen LogP contribution in [0.4, 0.5) is 5.69 Å². The third-order valence-corrected chi connectivity index (χ3v) is 2.76. The molecule has 18 heavy (non-hydrogen) atoms. The fraction of sp³-hybridized carbons (Fsp3) is 0.357. The van der Waals surface area contributed by atoms with Crippen molar-refractivity contribution >= 4 is 5.69 Å². The molecule has 0 aliphatic rings. The average molecular weight is 245 g/mol. The van der Waals surface area contributed by atoms with E-state index in [-0.39, 0.29) is 0 Å². The molecule has 96 valence electrons. The molecular formula is C14H19N3O. The standard InChI is InChI=1S/C14H19N3O/c1-11(2)17-9-8-13(16-17)10-15-12-4-6-14(18-3)7-5-12/h4-9,11,15H,10H2,1-3H3. The molecule has 1 aromatic carbocycles. The van der Waals surface area contributed by atoms with Crippen molar-refractivity contribution in [2.75, 3.05) is 12.4 Å². The quantitative estimate of drug-likeness (QED) is 0.879. The maximum absolute atomic E-state index is 5.12. The number of anilines is 1. The van der Waals surface area contributed by atoms with Crippen LogP contribution in [0.15, 0.2) is 36.5 Å². The molecule has 4 heteroatoms. The molecule has 0 aliphatic heterocycles. The second-order valence-corrected chi connectivity index (χ2v) is 4.46. The van der Waals surface area contributed by atoms with Crippen molar-refractivity contribution in [2.45, 2.75) is 26.4 Å². The van der Waals surface area contributed by atoms with Crippen molar-refractivity contribution < 1.29 is 4.74 Å². The maximum Gasteiger partial charge on any atom is 0.119 e. The summed E-state index contributed by atoms with van der Waals surface area (Å²) >= 11 is 0. The zero-order valence-electron chi connectivity index (χ0n) is 11.1. The lowest BCUT2D eigenvalue weighted by atomic mass is 10.3. The van der Waals surface area contributed by atoms with Crippen molar-refractivity contribution in [1.29, 1.82) is 0 Å². The number of hydrogen-bond acceptors (Lipinski definition) is 3. The first-order valence-corrected chi connectivity index (χ1v) is 6.11. The summed E-state index contributed by atoms with van der Waals surface area (Å²) in [6.07, 6.45) is 2.01. The predicted molar refractivity (Wildman–Crippen MR) is 72.9 cm³/mol. The minimum absolute atomic E-state index is 0.403. The van der Waals surface area contributed by atoms with Crippen molar-refractivity contribution in [3.8, 4) is 5.75 Å². The number of benzene rings is 1. The summed E-state index contributed by atoms with van der Waals surface area (Å²) in [6.45, 7) is 4.97. The van der Waals surface area contributed by atoms with Crippen LogP contribution in [0.5, 0.6) is 5.75 Å². The van der Waals surface area contributed by atoms with Crippen LogP contribution in [0.2, 0.25) is 0 Å². The Bertz CT molecular complexity index is 488. The normalized spacial score (nSPS) is 10.7. The SMILES string of the molecule is COc1ccc(NCc2ccn(C(C)C)n2)cc1. The molecular weight excluding hydrogens is 226 g/mol. The first kappa shape index (κ1) is 12.5. The van der Waals surface area contributed by atoms with Crippen LogP contribution in [0, 0.1) is 0 Å². The third kappa shape index (κ3) is 3.03. The highest BCUT2D eigenvalue weighted by Gasteiger charge is 2.01. The zero-order valence-corrected chi connectivity index (χ0v) is 11.1. The molecule has 0 aliphatic carbocycles. The minimum Gasteiger partial charge on any atom is -0.497 e. The van der Waals surface area contributed by atoms with Gasteiger partial charge in [-0.2, -0.15) is 5.10 Å². The summed E-state index contributed by atoms with van der Waals surface area (Å²) in [6, 6.07) is 10.3. The van der Waals surface area contributed by atoms with E-state index >= 15 is 0 Å². The van der Waals surface area contributed by atoms with Crippen LogP contribution in [-0.2, 0) is 6.54 Å². The van der Waals surface area contributed by atoms with Crippen LogP contribution in [0.1, 0.15) is 25.6 Å². The summed E-state index contributed by atoms with van der Waals surface area (Å²) in [5, 5.41) is 7.82. The molecule has 1 aromatic heterocycles. The molecule has 0 bridgehead atoms. The summed E-state index contributed by atoms with van der Waals surface area (Å²) in [5.74, 6) is 0.865. The second kappa shape index (κ2) is 5.58. The van der Waals surface area contributed by atoms with Gasteiger partial charge in [0.05, 0.1) is 19.3 Å². The van der Waals surface area contributed by atoms with Gasteiger partial charge in [-0.15, -0.1) is 0 Å². The van der Waals surface area contributed by atoms with Gasteiger partial charge in [0.2, 0.25) is 0 Å². The van der Waals surface area contributed by atoms with Gasteiger partial charge in [0.1, 0.15) is 5.75 Å². The summed E-state index contributed by atoms with van der Waals surface area (Å²) in [5.41, 5.74) is 2.11. The number of nitrogens with one attached hydrogen (secondary N) is 1. The van der Waals surface area contributed by atoms with E-state index in [2.05, 4.69) is 24.3 Å². The Morgan fingerprint density at radius 2 is 1.94 bits per heavy atom. The molecule has 0 saturated carbocycles. The number of methoxy groups -OCH3 is 1. The molecule has 0 saturated heterocycles. The highest BCUT2D eigenvalue weighted by atomic mass is 16.5. The molecule has 0 unspecified atom stereocenters. The molecule has 4 nitrogen and oxygen atoms in total. The Hall–Kier alpha value is -1.97. The molecule has 0 amide bonds. The highest BCUT2D eigenvalue weighted by Crippen LogP contribution is 2.15. The van der Waals surface area contributed by atoms with E-state index in [1.807, 2.05) is 41.2 Å². The van der Waals surface area contributed by atoms with Crippen molar-refractivity contribution in [3.05, 3.63) is 42.2 Å². The van der Waals surface area contributed by atoms with Crippen LogP contribution in [-0.4, -0.2) is 16.9 Å². The minimum atomic E-state index is 0.403. The van der Waals surface area contributed by atoms with Gasteiger partial charge in [-0.05, 0) is 44.2 Å². The van der Waals surface area contributed by atoms with Crippen LogP contribution >= 0.6 is 0 Å². The van der Waals surface area contributed by atoms with E-state index in [1.54, 1.807) is 7.11 Å². The van der Waals surface area contributed by atoms with Gasteiger partial charge in [-0.3, -0.25) is 4.68 Å². The Morgan fingerprint density at radius 3 is 2.50 bits per heavy atom. The molecule has 0 radical (unpaired) electrons. The lowest BCUT2D eigenvalue weighted by Crippen LogP contribution is -2.04. The Morgan fingerprint density at radius 1 is 1.22 bits per heavy atom. The van der Waals surface area contributed by atoms with Gasteiger partial charge in [0.25, 0.3) is 0 Å². The maximum atomic E-state index is 5.12.